The molecule has 0 unspecified atom stereocenters. The van der Waals surface area contributed by atoms with Gasteiger partial charge in [-0.2, -0.15) is 0 Å². The van der Waals surface area contributed by atoms with Crippen LogP contribution in [0.15, 0.2) is 59.5 Å². The molecule has 2 N–H and O–H groups in total. The van der Waals surface area contributed by atoms with Gasteiger partial charge in [0.05, 0.1) is 4.90 Å². The van der Waals surface area contributed by atoms with Crippen molar-refractivity contribution in [3.05, 3.63) is 65.7 Å². The van der Waals surface area contributed by atoms with Crippen molar-refractivity contribution in [2.75, 3.05) is 0 Å². The third-order valence-corrected chi connectivity index (χ3v) is 4.86. The second kappa shape index (κ2) is 7.50. The summed E-state index contributed by atoms with van der Waals surface area (Å²) < 4.78 is 50.3. The lowest BCUT2D eigenvalue weighted by molar-refractivity contribution is 0.580. The molecule has 118 valence electrons. The third kappa shape index (κ3) is 4.63. The van der Waals surface area contributed by atoms with Crippen LogP contribution < -0.4 is 9.44 Å². The minimum Gasteiger partial charge on any atom is -0.216 e. The minimum absolute atomic E-state index is 0.0880. The van der Waals surface area contributed by atoms with Crippen molar-refractivity contribution in [2.45, 2.75) is 18.0 Å². The van der Waals surface area contributed by atoms with E-state index in [2.05, 4.69) is 9.44 Å². The van der Waals surface area contributed by atoms with Gasteiger partial charge in [-0.15, -0.1) is 0 Å². The molecule has 0 aromatic heterocycles. The zero-order valence-corrected chi connectivity index (χ0v) is 13.3. The lowest BCUT2D eigenvalue weighted by Crippen LogP contribution is -2.24. The van der Waals surface area contributed by atoms with Crippen molar-refractivity contribution in [3.8, 4) is 0 Å². The Morgan fingerprint density at radius 1 is 0.818 bits per heavy atom. The lowest BCUT2D eigenvalue weighted by atomic mass is 10.1. The summed E-state index contributed by atoms with van der Waals surface area (Å²) in [4.78, 5) is 0.188. The predicted molar refractivity (Wildman–Crippen MR) is 84.1 cm³/mol. The monoisotopic (exact) mass is 340 g/mol. The molecule has 0 atom stereocenters. The van der Waals surface area contributed by atoms with Gasteiger partial charge in [0.2, 0.25) is 20.9 Å². The summed E-state index contributed by atoms with van der Waals surface area (Å²) in [6, 6.07) is 15.1. The Kier molecular flexibility index (Phi) is 5.67. The number of sulfonamides is 1. The average Bonchev–Trinajstić information content (AvgIpc) is 2.52. The predicted octanol–water partition coefficient (Wildman–Crippen LogP) is 0.781. The van der Waals surface area contributed by atoms with Crippen molar-refractivity contribution in [2.24, 2.45) is 0 Å². The fourth-order valence-electron chi connectivity index (χ4n) is 1.91. The van der Waals surface area contributed by atoms with Crippen LogP contribution in [0.3, 0.4) is 0 Å². The van der Waals surface area contributed by atoms with Gasteiger partial charge < -0.3 is 0 Å². The number of hydrogen-bond acceptors (Lipinski definition) is 4. The highest BCUT2D eigenvalue weighted by atomic mass is 32.2. The molecular weight excluding hydrogens is 324 g/mol. The Hall–Kier alpha value is -1.74. The van der Waals surface area contributed by atoms with E-state index < -0.39 is 20.9 Å². The summed E-state index contributed by atoms with van der Waals surface area (Å²) in [6.45, 7) is 0.215. The summed E-state index contributed by atoms with van der Waals surface area (Å²) >= 11 is 0. The SMILES string of the molecule is O=[SH](=O)NCc1ccccc1CNS(=O)(=O)c1ccccc1. The molecule has 0 radical (unpaired) electrons. The summed E-state index contributed by atoms with van der Waals surface area (Å²) in [6.07, 6.45) is 0. The first-order valence-electron chi connectivity index (χ1n) is 6.48. The van der Waals surface area contributed by atoms with Crippen LogP contribution in [0.25, 0.3) is 0 Å². The largest absolute Gasteiger partial charge is 0.240 e. The van der Waals surface area contributed by atoms with Crippen LogP contribution in [-0.4, -0.2) is 16.8 Å². The number of thiol groups is 1. The maximum absolute atomic E-state index is 12.2. The Balaban J connectivity index is 2.11. The molecule has 2 rings (SSSR count). The van der Waals surface area contributed by atoms with Crippen molar-refractivity contribution < 1.29 is 16.8 Å². The van der Waals surface area contributed by atoms with Gasteiger partial charge >= 0.3 is 0 Å². The molecule has 0 aliphatic carbocycles. The quantitative estimate of drug-likeness (QED) is 0.650. The molecule has 0 heterocycles. The molecule has 2 aromatic rings. The fraction of sp³-hybridized carbons (Fsp3) is 0.143. The topological polar surface area (TPSA) is 92.3 Å². The molecular formula is C14H16N2O4S2. The maximum atomic E-state index is 12.2. The van der Waals surface area contributed by atoms with Crippen LogP contribution in [0.5, 0.6) is 0 Å². The van der Waals surface area contributed by atoms with Crippen LogP contribution in [0, 0.1) is 0 Å². The van der Waals surface area contributed by atoms with Gasteiger partial charge in [0.25, 0.3) is 0 Å². The zero-order chi connectivity index (χ0) is 16.0. The van der Waals surface area contributed by atoms with Crippen LogP contribution >= 0.6 is 0 Å². The normalized spacial score (nSPS) is 11.7. The van der Waals surface area contributed by atoms with Crippen molar-refractivity contribution in [1.82, 2.24) is 9.44 Å². The van der Waals surface area contributed by atoms with Gasteiger partial charge in [-0.05, 0) is 23.3 Å². The Bertz CT molecular complexity index is 795. The zero-order valence-electron chi connectivity index (χ0n) is 11.6. The van der Waals surface area contributed by atoms with E-state index in [4.69, 9.17) is 0 Å². The Morgan fingerprint density at radius 3 is 1.95 bits per heavy atom. The minimum atomic E-state index is -3.60. The van der Waals surface area contributed by atoms with E-state index in [0.29, 0.717) is 5.56 Å². The molecule has 0 aliphatic rings. The highest BCUT2D eigenvalue weighted by Gasteiger charge is 2.13. The molecule has 0 saturated heterocycles. The molecule has 8 heteroatoms. The molecule has 0 aliphatic heterocycles. The van der Waals surface area contributed by atoms with Gasteiger partial charge in [-0.25, -0.2) is 26.3 Å². The van der Waals surface area contributed by atoms with Crippen molar-refractivity contribution >= 4 is 20.9 Å². The smallest absolute Gasteiger partial charge is 0.216 e. The summed E-state index contributed by atoms with van der Waals surface area (Å²) in [5.41, 5.74) is 1.43. The van der Waals surface area contributed by atoms with E-state index >= 15 is 0 Å². The summed E-state index contributed by atoms with van der Waals surface area (Å²) in [5, 5.41) is 0. The second-order valence-electron chi connectivity index (χ2n) is 4.50. The van der Waals surface area contributed by atoms with Crippen molar-refractivity contribution in [1.29, 1.82) is 0 Å². The molecule has 0 bridgehead atoms. The number of rotatable bonds is 7. The highest BCUT2D eigenvalue weighted by molar-refractivity contribution is 7.89. The number of benzene rings is 2. The van der Waals surface area contributed by atoms with Crippen LogP contribution in [-0.2, 0) is 34.0 Å². The van der Waals surface area contributed by atoms with Crippen LogP contribution in [0.4, 0.5) is 0 Å². The average molecular weight is 340 g/mol. The molecule has 0 saturated carbocycles. The van der Waals surface area contributed by atoms with E-state index in [1.54, 1.807) is 42.5 Å². The van der Waals surface area contributed by atoms with Gasteiger partial charge in [0.1, 0.15) is 0 Å². The van der Waals surface area contributed by atoms with Crippen LogP contribution in [0.2, 0.25) is 0 Å². The Labute approximate surface area is 131 Å². The maximum Gasteiger partial charge on any atom is 0.240 e. The molecule has 0 fully saturated rings. The van der Waals surface area contributed by atoms with Gasteiger partial charge in [0.15, 0.2) is 0 Å². The first kappa shape index (κ1) is 16.6. The lowest BCUT2D eigenvalue weighted by Gasteiger charge is -2.10. The summed E-state index contributed by atoms with van der Waals surface area (Å²) in [5.74, 6) is 0. The molecule has 22 heavy (non-hydrogen) atoms. The number of hydrogen-bond donors (Lipinski definition) is 3. The molecule has 0 spiro atoms. The van der Waals surface area contributed by atoms with Gasteiger partial charge in [-0.1, -0.05) is 42.5 Å². The molecule has 6 nitrogen and oxygen atoms in total. The van der Waals surface area contributed by atoms with Gasteiger partial charge in [-0.3, -0.25) is 0 Å². The van der Waals surface area contributed by atoms with E-state index in [1.807, 2.05) is 0 Å². The van der Waals surface area contributed by atoms with Crippen LogP contribution in [0.1, 0.15) is 11.1 Å². The first-order valence-corrected chi connectivity index (χ1v) is 9.14. The molecule has 0 amide bonds. The van der Waals surface area contributed by atoms with E-state index in [1.165, 1.54) is 12.1 Å². The summed E-state index contributed by atoms with van der Waals surface area (Å²) in [7, 11) is -6.29. The van der Waals surface area contributed by atoms with E-state index in [-0.39, 0.29) is 18.0 Å². The highest BCUT2D eigenvalue weighted by Crippen LogP contribution is 2.12. The standard InChI is InChI=1S/C14H16N2O4S2/c17-21(18)15-10-12-6-4-5-7-13(12)11-16-22(19,20)14-8-2-1-3-9-14/h1-9,16,21H,10-11H2,(H,15,17,18). The van der Waals surface area contributed by atoms with Crippen molar-refractivity contribution in [3.63, 3.8) is 0 Å². The third-order valence-electron chi connectivity index (χ3n) is 3.02. The number of nitrogens with one attached hydrogen (secondary N) is 2. The van der Waals surface area contributed by atoms with E-state index in [9.17, 15) is 16.8 Å². The van der Waals surface area contributed by atoms with Gasteiger partial charge in [0, 0.05) is 13.1 Å². The molecule has 2 aromatic carbocycles. The fourth-order valence-corrected chi connectivity index (χ4v) is 3.23. The Morgan fingerprint density at radius 2 is 1.36 bits per heavy atom. The van der Waals surface area contributed by atoms with E-state index in [0.717, 1.165) is 5.56 Å². The first-order chi connectivity index (χ1) is 10.5. The second-order valence-corrected chi connectivity index (χ2v) is 7.10.